The molecule has 1 aromatic rings. The molecular formula is C11H15Cl2NOS. The van der Waals surface area contributed by atoms with Gasteiger partial charge in [-0.15, -0.1) is 11.3 Å². The van der Waals surface area contributed by atoms with Crippen molar-refractivity contribution in [2.24, 2.45) is 5.41 Å². The Morgan fingerprint density at radius 2 is 2.25 bits per heavy atom. The molecule has 1 N–H and O–H groups in total. The molecular weight excluding hydrogens is 265 g/mol. The molecule has 1 atom stereocenters. The van der Waals surface area contributed by atoms with Crippen LogP contribution in [0.3, 0.4) is 0 Å². The Hall–Kier alpha value is 0.200. The van der Waals surface area contributed by atoms with E-state index in [0.717, 1.165) is 34.0 Å². The average molecular weight is 280 g/mol. The van der Waals surface area contributed by atoms with Gasteiger partial charge < -0.3 is 10.1 Å². The van der Waals surface area contributed by atoms with E-state index in [9.17, 15) is 0 Å². The average Bonchev–Trinajstić information content (AvgIpc) is 2.51. The smallest absolute Gasteiger partial charge is 0.0991 e. The van der Waals surface area contributed by atoms with E-state index in [1.807, 2.05) is 6.07 Å². The summed E-state index contributed by atoms with van der Waals surface area (Å²) >= 11 is 13.4. The lowest BCUT2D eigenvalue weighted by Crippen LogP contribution is -2.47. The lowest BCUT2D eigenvalue weighted by Gasteiger charge is -2.39. The van der Waals surface area contributed by atoms with Crippen LogP contribution in [0.15, 0.2) is 6.07 Å². The maximum absolute atomic E-state index is 6.11. The molecule has 0 aliphatic carbocycles. The van der Waals surface area contributed by atoms with Gasteiger partial charge in [-0.2, -0.15) is 0 Å². The van der Waals surface area contributed by atoms with Crippen molar-refractivity contribution in [3.8, 4) is 0 Å². The highest BCUT2D eigenvalue weighted by molar-refractivity contribution is 7.20. The normalized spacial score (nSPS) is 20.5. The number of thiophene rings is 1. The largest absolute Gasteiger partial charge is 0.380 e. The van der Waals surface area contributed by atoms with Crippen LogP contribution in [0.5, 0.6) is 0 Å². The van der Waals surface area contributed by atoms with Gasteiger partial charge in [0.25, 0.3) is 0 Å². The summed E-state index contributed by atoms with van der Waals surface area (Å²) in [5.41, 5.74) is 1.36. The first-order chi connectivity index (χ1) is 7.50. The Labute approximate surface area is 110 Å². The van der Waals surface area contributed by atoms with Gasteiger partial charge in [0.15, 0.2) is 0 Å². The molecule has 16 heavy (non-hydrogen) atoms. The standard InChI is InChI=1S/C11H15Cl2NOS/c1-7(8-3-9(12)16-10(8)13)14-4-11(2)5-15-6-11/h3,7,14H,4-6H2,1-2H3. The Morgan fingerprint density at radius 3 is 2.69 bits per heavy atom. The minimum Gasteiger partial charge on any atom is -0.380 e. The molecule has 0 spiro atoms. The Balaban J connectivity index is 1.92. The molecule has 2 nitrogen and oxygen atoms in total. The van der Waals surface area contributed by atoms with Gasteiger partial charge >= 0.3 is 0 Å². The fourth-order valence-corrected chi connectivity index (χ4v) is 3.36. The van der Waals surface area contributed by atoms with Crippen LogP contribution in [0, 0.1) is 5.41 Å². The van der Waals surface area contributed by atoms with E-state index in [1.165, 1.54) is 11.3 Å². The van der Waals surface area contributed by atoms with E-state index in [-0.39, 0.29) is 11.5 Å². The predicted octanol–water partition coefficient (Wildman–Crippen LogP) is 3.74. The van der Waals surface area contributed by atoms with Gasteiger partial charge in [0.2, 0.25) is 0 Å². The number of ether oxygens (including phenoxy) is 1. The first-order valence-electron chi connectivity index (χ1n) is 5.26. The molecule has 1 saturated heterocycles. The summed E-state index contributed by atoms with van der Waals surface area (Å²) in [6, 6.07) is 2.17. The van der Waals surface area contributed by atoms with Crippen LogP contribution >= 0.6 is 34.5 Å². The summed E-state index contributed by atoms with van der Waals surface area (Å²) in [6.45, 7) is 6.94. The lowest BCUT2D eigenvalue weighted by atomic mass is 9.88. The highest BCUT2D eigenvalue weighted by Gasteiger charge is 2.33. The highest BCUT2D eigenvalue weighted by atomic mass is 35.5. The van der Waals surface area contributed by atoms with Gasteiger partial charge in [0, 0.05) is 18.0 Å². The maximum atomic E-state index is 6.11. The number of hydrogen-bond acceptors (Lipinski definition) is 3. The van der Waals surface area contributed by atoms with E-state index >= 15 is 0 Å². The van der Waals surface area contributed by atoms with Gasteiger partial charge in [-0.1, -0.05) is 30.1 Å². The fourth-order valence-electron chi connectivity index (χ4n) is 1.71. The Bertz CT molecular complexity index is 376. The van der Waals surface area contributed by atoms with Crippen molar-refractivity contribution in [2.75, 3.05) is 19.8 Å². The van der Waals surface area contributed by atoms with Gasteiger partial charge in [-0.05, 0) is 18.6 Å². The van der Waals surface area contributed by atoms with Crippen LogP contribution in [0.4, 0.5) is 0 Å². The molecule has 0 bridgehead atoms. The van der Waals surface area contributed by atoms with Crippen molar-refractivity contribution in [1.82, 2.24) is 5.32 Å². The second-order valence-electron chi connectivity index (χ2n) is 4.69. The first kappa shape index (κ1) is 12.7. The number of halogens is 2. The van der Waals surface area contributed by atoms with Crippen molar-refractivity contribution >= 4 is 34.5 Å². The molecule has 0 aromatic carbocycles. The zero-order valence-electron chi connectivity index (χ0n) is 9.35. The number of nitrogens with one attached hydrogen (secondary N) is 1. The third-order valence-electron chi connectivity index (χ3n) is 2.89. The quantitative estimate of drug-likeness (QED) is 0.907. The van der Waals surface area contributed by atoms with Crippen LogP contribution < -0.4 is 5.32 Å². The van der Waals surface area contributed by atoms with Crippen LogP contribution in [0.2, 0.25) is 8.67 Å². The molecule has 1 unspecified atom stereocenters. The minimum absolute atomic E-state index is 0.230. The molecule has 0 amide bonds. The molecule has 90 valence electrons. The molecule has 2 rings (SSSR count). The third-order valence-corrected chi connectivity index (χ3v) is 4.40. The SMILES string of the molecule is CC(NCC1(C)COC1)c1cc(Cl)sc1Cl. The minimum atomic E-state index is 0.230. The summed E-state index contributed by atoms with van der Waals surface area (Å²) in [4.78, 5) is 0. The Kier molecular flexibility index (Phi) is 3.82. The summed E-state index contributed by atoms with van der Waals surface area (Å²) in [5, 5.41) is 3.48. The van der Waals surface area contributed by atoms with E-state index in [4.69, 9.17) is 27.9 Å². The number of rotatable bonds is 4. The van der Waals surface area contributed by atoms with E-state index in [1.54, 1.807) is 0 Å². The number of hydrogen-bond donors (Lipinski definition) is 1. The topological polar surface area (TPSA) is 21.3 Å². The van der Waals surface area contributed by atoms with Crippen molar-refractivity contribution < 1.29 is 4.74 Å². The van der Waals surface area contributed by atoms with Crippen LogP contribution in [-0.4, -0.2) is 19.8 Å². The molecule has 0 radical (unpaired) electrons. The van der Waals surface area contributed by atoms with E-state index in [2.05, 4.69) is 19.2 Å². The zero-order chi connectivity index (χ0) is 11.8. The van der Waals surface area contributed by atoms with Crippen LogP contribution in [0.1, 0.15) is 25.5 Å². The van der Waals surface area contributed by atoms with Gasteiger partial charge in [0.1, 0.15) is 0 Å². The van der Waals surface area contributed by atoms with Gasteiger partial charge in [-0.3, -0.25) is 0 Å². The van der Waals surface area contributed by atoms with Crippen molar-refractivity contribution in [3.05, 3.63) is 20.3 Å². The summed E-state index contributed by atoms with van der Waals surface area (Å²) in [5.74, 6) is 0. The fraction of sp³-hybridized carbons (Fsp3) is 0.636. The molecule has 5 heteroatoms. The van der Waals surface area contributed by atoms with Crippen molar-refractivity contribution in [1.29, 1.82) is 0 Å². The summed E-state index contributed by atoms with van der Waals surface area (Å²) in [7, 11) is 0. The van der Waals surface area contributed by atoms with Gasteiger partial charge in [-0.25, -0.2) is 0 Å². The van der Waals surface area contributed by atoms with Gasteiger partial charge in [0.05, 0.1) is 21.9 Å². The maximum Gasteiger partial charge on any atom is 0.0991 e. The summed E-state index contributed by atoms with van der Waals surface area (Å²) in [6.07, 6.45) is 0. The zero-order valence-corrected chi connectivity index (χ0v) is 11.7. The molecule has 1 aromatic heterocycles. The molecule has 1 aliphatic heterocycles. The van der Waals surface area contributed by atoms with Crippen molar-refractivity contribution in [2.45, 2.75) is 19.9 Å². The monoisotopic (exact) mass is 279 g/mol. The first-order valence-corrected chi connectivity index (χ1v) is 6.83. The van der Waals surface area contributed by atoms with E-state index in [0.29, 0.717) is 0 Å². The van der Waals surface area contributed by atoms with Crippen molar-refractivity contribution in [3.63, 3.8) is 0 Å². The highest BCUT2D eigenvalue weighted by Crippen LogP contribution is 2.35. The summed E-state index contributed by atoms with van der Waals surface area (Å²) < 4.78 is 6.74. The third kappa shape index (κ3) is 2.71. The molecule has 0 saturated carbocycles. The van der Waals surface area contributed by atoms with Crippen LogP contribution in [-0.2, 0) is 4.74 Å². The molecule has 1 fully saturated rings. The second kappa shape index (κ2) is 4.83. The molecule has 2 heterocycles. The Morgan fingerprint density at radius 1 is 1.56 bits per heavy atom. The predicted molar refractivity (Wildman–Crippen MR) is 69.7 cm³/mol. The lowest BCUT2D eigenvalue weighted by molar-refractivity contribution is -0.0999. The second-order valence-corrected chi connectivity index (χ2v) is 6.97. The molecule has 1 aliphatic rings. The van der Waals surface area contributed by atoms with Crippen LogP contribution in [0.25, 0.3) is 0 Å². The van der Waals surface area contributed by atoms with E-state index < -0.39 is 0 Å².